The highest BCUT2D eigenvalue weighted by molar-refractivity contribution is 6.15. The second-order valence-corrected chi connectivity index (χ2v) is 9.33. The van der Waals surface area contributed by atoms with E-state index in [4.69, 9.17) is 9.47 Å². The number of amides is 1. The number of morpholine rings is 2. The summed E-state index contributed by atoms with van der Waals surface area (Å²) in [6, 6.07) is 6.87. The first-order valence-electron chi connectivity index (χ1n) is 12.3. The number of benzene rings is 1. The molecule has 1 amide bonds. The zero-order chi connectivity index (χ0) is 25.2. The fourth-order valence-corrected chi connectivity index (χ4v) is 4.68. The summed E-state index contributed by atoms with van der Waals surface area (Å²) in [6.07, 6.45) is 0.901. The molecule has 11 nitrogen and oxygen atoms in total. The van der Waals surface area contributed by atoms with Gasteiger partial charge in [-0.2, -0.15) is 5.10 Å². The molecule has 1 aromatic carbocycles. The van der Waals surface area contributed by atoms with Gasteiger partial charge in [-0.05, 0) is 29.7 Å². The van der Waals surface area contributed by atoms with Gasteiger partial charge in [0.2, 0.25) is 6.17 Å². The quantitative estimate of drug-likeness (QED) is 0.564. The molecule has 2 fully saturated rings. The Morgan fingerprint density at radius 3 is 2.36 bits per heavy atom. The third-order valence-electron chi connectivity index (χ3n) is 6.69. The Kier molecular flexibility index (Phi) is 6.84. The van der Waals surface area contributed by atoms with Crippen molar-refractivity contribution in [2.45, 2.75) is 25.9 Å². The summed E-state index contributed by atoms with van der Waals surface area (Å²) in [5.41, 5.74) is 4.72. The highest BCUT2D eigenvalue weighted by atomic mass is 16.5. The number of aromatic nitrogens is 1. The molecule has 3 aliphatic heterocycles. The molecule has 36 heavy (non-hydrogen) atoms. The molecule has 2 aromatic rings. The highest BCUT2D eigenvalue weighted by Gasteiger charge is 2.39. The molecule has 3 N–H and O–H groups in total. The third kappa shape index (κ3) is 4.63. The fourth-order valence-electron chi connectivity index (χ4n) is 4.68. The summed E-state index contributed by atoms with van der Waals surface area (Å²) in [4.78, 5) is 23.9. The van der Waals surface area contributed by atoms with Crippen LogP contribution in [0.25, 0.3) is 0 Å². The van der Waals surface area contributed by atoms with Gasteiger partial charge in [-0.15, -0.1) is 0 Å². The SMILES string of the molecule is CC(C)c1cc(C2=NNC(C(=O)N3CCOCC3)N2c2ccc(N3CCOCC3)nc2)c(O)cc1O. The van der Waals surface area contributed by atoms with E-state index >= 15 is 0 Å². The molecular weight excluding hydrogens is 464 g/mol. The second-order valence-electron chi connectivity index (χ2n) is 9.33. The number of ether oxygens (including phenoxy) is 2. The number of hydrogen-bond acceptors (Lipinski definition) is 10. The van der Waals surface area contributed by atoms with Crippen molar-refractivity contribution in [1.82, 2.24) is 15.3 Å². The average Bonchev–Trinajstić information content (AvgIpc) is 3.34. The van der Waals surface area contributed by atoms with E-state index in [-0.39, 0.29) is 23.3 Å². The zero-order valence-corrected chi connectivity index (χ0v) is 20.6. The Morgan fingerprint density at radius 2 is 1.72 bits per heavy atom. The minimum atomic E-state index is -0.815. The van der Waals surface area contributed by atoms with Crippen LogP contribution < -0.4 is 15.2 Å². The molecule has 1 aromatic heterocycles. The monoisotopic (exact) mass is 496 g/mol. The Morgan fingerprint density at radius 1 is 1.03 bits per heavy atom. The highest BCUT2D eigenvalue weighted by Crippen LogP contribution is 2.35. The Bertz CT molecular complexity index is 1130. The van der Waals surface area contributed by atoms with Crippen molar-refractivity contribution in [2.75, 3.05) is 62.4 Å². The van der Waals surface area contributed by atoms with Crippen LogP contribution in [-0.4, -0.2) is 90.6 Å². The number of pyridine rings is 1. The van der Waals surface area contributed by atoms with Gasteiger partial charge in [-0.1, -0.05) is 13.8 Å². The number of nitrogens with one attached hydrogen (secondary N) is 1. The fraction of sp³-hybridized carbons (Fsp3) is 0.480. The van der Waals surface area contributed by atoms with Crippen LogP contribution in [0.3, 0.4) is 0 Å². The average molecular weight is 497 g/mol. The normalized spacial score (nSPS) is 20.5. The summed E-state index contributed by atoms with van der Waals surface area (Å²) in [5, 5.41) is 25.6. The van der Waals surface area contributed by atoms with Gasteiger partial charge >= 0.3 is 0 Å². The molecule has 0 radical (unpaired) electrons. The summed E-state index contributed by atoms with van der Waals surface area (Å²) < 4.78 is 10.8. The van der Waals surface area contributed by atoms with E-state index in [0.717, 1.165) is 18.9 Å². The standard InChI is InChI=1S/C25H32N6O5/c1-16(2)18-13-19(21(33)14-20(18)32)23-27-28-24(25(34)30-7-11-36-12-8-30)31(23)17-3-4-22(26-15-17)29-5-9-35-10-6-29/h3-4,13-16,24,28,32-33H,5-12H2,1-2H3. The number of aromatic hydroxyl groups is 2. The van der Waals surface area contributed by atoms with Crippen molar-refractivity contribution >= 4 is 23.2 Å². The van der Waals surface area contributed by atoms with Crippen molar-refractivity contribution in [3.63, 3.8) is 0 Å². The molecular formula is C25H32N6O5. The lowest BCUT2D eigenvalue weighted by atomic mass is 9.98. The molecule has 0 bridgehead atoms. The third-order valence-corrected chi connectivity index (χ3v) is 6.69. The van der Waals surface area contributed by atoms with Gasteiger partial charge in [-0.25, -0.2) is 4.98 Å². The number of rotatable bonds is 5. The Balaban J connectivity index is 1.51. The maximum absolute atomic E-state index is 13.5. The van der Waals surface area contributed by atoms with Crippen molar-refractivity contribution in [3.8, 4) is 11.5 Å². The van der Waals surface area contributed by atoms with Crippen LogP contribution in [0.2, 0.25) is 0 Å². The largest absolute Gasteiger partial charge is 0.508 e. The first-order valence-corrected chi connectivity index (χ1v) is 12.3. The number of hydrazone groups is 1. The Labute approximate surface area is 209 Å². The molecule has 11 heteroatoms. The Hall–Kier alpha value is -3.57. The van der Waals surface area contributed by atoms with E-state index in [1.807, 2.05) is 26.0 Å². The summed E-state index contributed by atoms with van der Waals surface area (Å²) >= 11 is 0. The number of amidine groups is 1. The molecule has 1 unspecified atom stereocenters. The van der Waals surface area contributed by atoms with Crippen molar-refractivity contribution in [2.24, 2.45) is 5.10 Å². The first kappa shape index (κ1) is 24.1. The van der Waals surface area contributed by atoms with Gasteiger partial charge < -0.3 is 29.5 Å². The maximum Gasteiger partial charge on any atom is 0.268 e. The summed E-state index contributed by atoms with van der Waals surface area (Å²) in [7, 11) is 0. The van der Waals surface area contributed by atoms with Crippen molar-refractivity contribution < 1.29 is 24.5 Å². The minimum Gasteiger partial charge on any atom is -0.508 e. The molecule has 0 aliphatic carbocycles. The number of carbonyl (C=O) groups excluding carboxylic acids is 1. The molecule has 0 spiro atoms. The van der Waals surface area contributed by atoms with Crippen LogP contribution in [0.15, 0.2) is 35.6 Å². The zero-order valence-electron chi connectivity index (χ0n) is 20.6. The van der Waals surface area contributed by atoms with Gasteiger partial charge in [-0.3, -0.25) is 15.1 Å². The number of phenols is 2. The molecule has 192 valence electrons. The van der Waals surface area contributed by atoms with Gasteiger partial charge in [0.25, 0.3) is 5.91 Å². The number of hydrogen-bond donors (Lipinski definition) is 3. The van der Waals surface area contributed by atoms with Gasteiger partial charge in [0, 0.05) is 32.2 Å². The molecule has 5 rings (SSSR count). The lowest BCUT2D eigenvalue weighted by Crippen LogP contribution is -2.55. The van der Waals surface area contributed by atoms with Crippen LogP contribution in [-0.2, 0) is 14.3 Å². The summed E-state index contributed by atoms with van der Waals surface area (Å²) in [5.74, 6) is 0.978. The van der Waals surface area contributed by atoms with Gasteiger partial charge in [0.15, 0.2) is 5.84 Å². The van der Waals surface area contributed by atoms with E-state index in [0.29, 0.717) is 62.2 Å². The van der Waals surface area contributed by atoms with Crippen molar-refractivity contribution in [1.29, 1.82) is 0 Å². The molecule has 2 saturated heterocycles. The smallest absolute Gasteiger partial charge is 0.268 e. The number of phenolic OH excluding ortho intramolecular Hbond substituents is 2. The van der Waals surface area contributed by atoms with Gasteiger partial charge in [0.1, 0.15) is 17.3 Å². The van der Waals surface area contributed by atoms with Gasteiger partial charge in [0.05, 0.1) is 43.9 Å². The van der Waals surface area contributed by atoms with Crippen LogP contribution in [0.5, 0.6) is 11.5 Å². The van der Waals surface area contributed by atoms with Crippen LogP contribution in [0.1, 0.15) is 30.9 Å². The van der Waals surface area contributed by atoms with Crippen LogP contribution >= 0.6 is 0 Å². The van der Waals surface area contributed by atoms with E-state index in [1.54, 1.807) is 22.1 Å². The molecule has 0 saturated carbocycles. The number of carbonyl (C=O) groups is 1. The lowest BCUT2D eigenvalue weighted by Gasteiger charge is -2.33. The van der Waals surface area contributed by atoms with E-state index < -0.39 is 6.17 Å². The molecule has 4 heterocycles. The van der Waals surface area contributed by atoms with E-state index in [2.05, 4.69) is 20.4 Å². The second kappa shape index (κ2) is 10.2. The molecule has 1 atom stereocenters. The predicted octanol–water partition coefficient (Wildman–Crippen LogP) is 1.41. The number of nitrogens with zero attached hydrogens (tertiary/aromatic N) is 5. The lowest BCUT2D eigenvalue weighted by molar-refractivity contribution is -0.137. The maximum atomic E-state index is 13.5. The van der Waals surface area contributed by atoms with E-state index in [1.165, 1.54) is 6.07 Å². The van der Waals surface area contributed by atoms with Crippen LogP contribution in [0.4, 0.5) is 11.5 Å². The first-order chi connectivity index (χ1) is 17.4. The topological polar surface area (TPSA) is 123 Å². The molecule has 3 aliphatic rings. The number of anilines is 2. The predicted molar refractivity (Wildman–Crippen MR) is 134 cm³/mol. The summed E-state index contributed by atoms with van der Waals surface area (Å²) in [6.45, 7) is 8.73. The van der Waals surface area contributed by atoms with Crippen LogP contribution in [0, 0.1) is 0 Å². The van der Waals surface area contributed by atoms with E-state index in [9.17, 15) is 15.0 Å². The van der Waals surface area contributed by atoms with Crippen molar-refractivity contribution in [3.05, 3.63) is 41.6 Å². The minimum absolute atomic E-state index is 0.0156.